The zero-order valence-electron chi connectivity index (χ0n) is 42.0. The van der Waals surface area contributed by atoms with Crippen LogP contribution in [0, 0.1) is 11.7 Å². The van der Waals surface area contributed by atoms with Gasteiger partial charge in [-0.15, -0.1) is 0 Å². The molecule has 358 valence electrons. The fraction of sp³-hybridized carbons (Fsp3) is 0.315. The summed E-state index contributed by atoms with van der Waals surface area (Å²) in [5, 5.41) is 8.96. The van der Waals surface area contributed by atoms with Crippen LogP contribution in [0.3, 0.4) is 0 Å². The first-order valence-corrected chi connectivity index (χ1v) is 22.9. The highest BCUT2D eigenvalue weighted by molar-refractivity contribution is 7.71. The van der Waals surface area contributed by atoms with Crippen molar-refractivity contribution in [3.05, 3.63) is 217 Å². The van der Waals surface area contributed by atoms with E-state index in [4.69, 9.17) is 22.1 Å². The maximum atomic E-state index is 8.96. The predicted molar refractivity (Wildman–Crippen MR) is 283 cm³/mol. The lowest BCUT2D eigenvalue weighted by Crippen LogP contribution is -1.89. The average molecular weight is 909 g/mol. The zero-order chi connectivity index (χ0) is 50.0. The highest BCUT2D eigenvalue weighted by Gasteiger charge is 2.01. The molecular formula is C54H84N8O2S. The van der Waals surface area contributed by atoms with Crippen LogP contribution in [0.15, 0.2) is 189 Å². The van der Waals surface area contributed by atoms with E-state index < -0.39 is 6.10 Å². The smallest absolute Gasteiger partial charge is 0.174 e. The molecule has 0 aliphatic carbocycles. The van der Waals surface area contributed by atoms with Crippen molar-refractivity contribution in [2.75, 3.05) is 0 Å². The number of hydrogen-bond acceptors (Lipinski definition) is 6. The van der Waals surface area contributed by atoms with Gasteiger partial charge in [0.1, 0.15) is 6.29 Å². The van der Waals surface area contributed by atoms with Crippen molar-refractivity contribution < 1.29 is 9.90 Å². The minimum atomic E-state index is -0.453. The Hall–Kier alpha value is -6.43. The van der Waals surface area contributed by atoms with E-state index in [1.807, 2.05) is 232 Å². The van der Waals surface area contributed by atoms with E-state index in [0.29, 0.717) is 4.77 Å². The maximum absolute atomic E-state index is 8.96. The number of imidazole rings is 4. The number of aryl methyl sites for hydroxylation is 4. The highest BCUT2D eigenvalue weighted by Crippen LogP contribution is 2.06. The van der Waals surface area contributed by atoms with E-state index >= 15 is 0 Å². The number of nitrogens with zero attached hydrogens (tertiary/aromatic N) is 4. The standard InChI is InChI=1S/C6H10N2O.4C6H6.C5H8N2S.C5H8N2.C4H6N2.C2H4O.4C2H6/c1-5(9)6-3-8(2)4-7-6;4*1-2-4-6-5-3-1;1-2-4-3-6-5(8)7-4;1-2-5-3-6-4-7-5;1-4-2-5-3-6-4;1-2-3;4*1-2/h3-5,9H,1-2H3;4*1-6H;3H,2H2,1H3,(H2,6,7,8);3-4H,2H2,1H3,(H,6,7);2-3H,1H3,(H,5,6);2H,1H3;4*1-2H3. The minimum absolute atomic E-state index is 0.453. The number of nitrogens with one attached hydrogen (secondary N) is 4. The third-order valence-corrected chi connectivity index (χ3v) is 6.64. The van der Waals surface area contributed by atoms with Crippen molar-refractivity contribution >= 4 is 18.5 Å². The van der Waals surface area contributed by atoms with Crippen LogP contribution in [0.4, 0.5) is 0 Å². The largest absolute Gasteiger partial charge is 0.387 e. The Morgan fingerprint density at radius 3 is 1.05 bits per heavy atom. The van der Waals surface area contributed by atoms with Crippen LogP contribution >= 0.6 is 12.2 Å². The molecule has 11 heteroatoms. The van der Waals surface area contributed by atoms with Crippen LogP contribution in [0.2, 0.25) is 0 Å². The molecule has 1 atom stereocenters. The minimum Gasteiger partial charge on any atom is -0.387 e. The first-order valence-electron chi connectivity index (χ1n) is 22.5. The molecule has 4 heterocycles. The Morgan fingerprint density at radius 2 is 0.923 bits per heavy atom. The number of aldehydes is 1. The molecule has 0 fully saturated rings. The Balaban J connectivity index is -0.000000205. The first kappa shape index (κ1) is 67.6. The van der Waals surface area contributed by atoms with Crippen LogP contribution in [0.5, 0.6) is 0 Å². The summed E-state index contributed by atoms with van der Waals surface area (Å²) in [5.74, 6) is 0. The summed E-state index contributed by atoms with van der Waals surface area (Å²) in [6.45, 7) is 25.3. The number of hydrogen-bond donors (Lipinski definition) is 5. The average Bonchev–Trinajstić information content (AvgIpc) is 4.26. The molecule has 0 aliphatic rings. The molecule has 0 amide bonds. The Labute approximate surface area is 399 Å². The number of rotatable bonds is 3. The molecular weight excluding hydrogens is 825 g/mol. The van der Waals surface area contributed by atoms with E-state index in [1.54, 1.807) is 38.3 Å². The van der Waals surface area contributed by atoms with Gasteiger partial charge in [-0.1, -0.05) is 215 Å². The van der Waals surface area contributed by atoms with Crippen LogP contribution in [0.25, 0.3) is 0 Å². The fourth-order valence-electron chi connectivity index (χ4n) is 3.55. The number of benzene rings is 4. The number of aromatic amines is 4. The molecule has 0 saturated carbocycles. The van der Waals surface area contributed by atoms with E-state index in [0.717, 1.165) is 36.2 Å². The van der Waals surface area contributed by atoms with Crippen LogP contribution in [0.1, 0.15) is 112 Å². The quantitative estimate of drug-likeness (QED) is 0.0882. The molecule has 5 N–H and O–H groups in total. The molecule has 0 bridgehead atoms. The Morgan fingerprint density at radius 1 is 0.600 bits per heavy atom. The molecule has 0 radical (unpaired) electrons. The molecule has 8 rings (SSSR count). The van der Waals surface area contributed by atoms with Crippen molar-refractivity contribution in [1.29, 1.82) is 0 Å². The van der Waals surface area contributed by atoms with Crippen LogP contribution in [-0.2, 0) is 24.7 Å². The van der Waals surface area contributed by atoms with Gasteiger partial charge in [0.15, 0.2) is 4.77 Å². The molecule has 65 heavy (non-hydrogen) atoms. The fourth-order valence-corrected chi connectivity index (χ4v) is 3.74. The Kier molecular flexibility index (Phi) is 62.1. The van der Waals surface area contributed by atoms with Crippen molar-refractivity contribution in [3.63, 3.8) is 0 Å². The normalized spacial score (nSPS) is 8.42. The number of carbonyl (C=O) groups excluding carboxylic acids is 1. The summed E-state index contributed by atoms with van der Waals surface area (Å²) < 4.78 is 2.52. The number of aliphatic hydroxyl groups excluding tert-OH is 1. The van der Waals surface area contributed by atoms with E-state index in [1.165, 1.54) is 12.6 Å². The zero-order valence-corrected chi connectivity index (χ0v) is 42.8. The third-order valence-electron chi connectivity index (χ3n) is 6.42. The molecule has 4 aromatic carbocycles. The van der Waals surface area contributed by atoms with Gasteiger partial charge in [-0.3, -0.25) is 0 Å². The second kappa shape index (κ2) is 59.7. The SMILES string of the molecule is CC.CC.CC.CC.CC(O)c1cn(C)cn1.CC=O.CCc1c[nH]c(=S)[nH]1.CCc1cnc[nH]1.Cc1cnc[nH]1.c1ccccc1.c1ccccc1.c1ccccc1.c1ccccc1. The van der Waals surface area contributed by atoms with Crippen molar-refractivity contribution in [2.45, 2.75) is 109 Å². The molecule has 0 saturated heterocycles. The maximum Gasteiger partial charge on any atom is 0.174 e. The van der Waals surface area contributed by atoms with Crippen molar-refractivity contribution in [3.8, 4) is 0 Å². The third kappa shape index (κ3) is 53.6. The number of aliphatic hydroxyl groups is 1. The van der Waals surface area contributed by atoms with Crippen molar-refractivity contribution in [1.82, 2.24) is 39.5 Å². The molecule has 10 nitrogen and oxygen atoms in total. The van der Waals surface area contributed by atoms with Crippen LogP contribution < -0.4 is 0 Å². The molecule has 0 spiro atoms. The molecule has 0 aliphatic heterocycles. The summed E-state index contributed by atoms with van der Waals surface area (Å²) in [6, 6.07) is 48.0. The summed E-state index contributed by atoms with van der Waals surface area (Å²) in [6.07, 6.45) is 14.7. The van der Waals surface area contributed by atoms with Gasteiger partial charge in [0.2, 0.25) is 0 Å². The van der Waals surface area contributed by atoms with Gasteiger partial charge >= 0.3 is 0 Å². The number of H-pyrrole nitrogens is 4. The van der Waals surface area contributed by atoms with Gasteiger partial charge in [0, 0.05) is 48.9 Å². The number of aromatic nitrogens is 8. The van der Waals surface area contributed by atoms with E-state index in [-0.39, 0.29) is 0 Å². The predicted octanol–water partition coefficient (Wildman–Crippen LogP) is 14.9. The van der Waals surface area contributed by atoms with Gasteiger partial charge in [-0.25, -0.2) is 15.0 Å². The summed E-state index contributed by atoms with van der Waals surface area (Å²) in [5.41, 5.74) is 4.18. The lowest BCUT2D eigenvalue weighted by atomic mass is 10.3. The second-order valence-corrected chi connectivity index (χ2v) is 11.7. The van der Waals surface area contributed by atoms with Gasteiger partial charge in [0.25, 0.3) is 0 Å². The monoisotopic (exact) mass is 909 g/mol. The van der Waals surface area contributed by atoms with Gasteiger partial charge in [-0.05, 0) is 45.8 Å². The summed E-state index contributed by atoms with van der Waals surface area (Å²) in [7, 11) is 1.87. The first-order chi connectivity index (χ1) is 31.8. The highest BCUT2D eigenvalue weighted by atomic mass is 32.1. The Bertz CT molecular complexity index is 1710. The topological polar surface area (TPSA) is 144 Å². The van der Waals surface area contributed by atoms with Gasteiger partial charge in [0.05, 0.1) is 30.8 Å². The lowest BCUT2D eigenvalue weighted by Gasteiger charge is -1.94. The van der Waals surface area contributed by atoms with Gasteiger partial charge < -0.3 is 34.4 Å². The second-order valence-electron chi connectivity index (χ2n) is 11.3. The molecule has 1 unspecified atom stereocenters. The van der Waals surface area contributed by atoms with Crippen LogP contribution in [-0.4, -0.2) is 50.8 Å². The lowest BCUT2D eigenvalue weighted by molar-refractivity contribution is -0.106. The van der Waals surface area contributed by atoms with Gasteiger partial charge in [-0.2, -0.15) is 0 Å². The van der Waals surface area contributed by atoms with Crippen molar-refractivity contribution in [2.24, 2.45) is 7.05 Å². The van der Waals surface area contributed by atoms with E-state index in [2.05, 4.69) is 48.7 Å². The molecule has 8 aromatic rings. The number of carbonyl (C=O) groups is 1. The summed E-state index contributed by atoms with van der Waals surface area (Å²) in [4.78, 5) is 32.1. The summed E-state index contributed by atoms with van der Waals surface area (Å²) >= 11 is 4.79. The molecule has 4 aromatic heterocycles. The van der Waals surface area contributed by atoms with E-state index in [9.17, 15) is 0 Å².